The maximum Gasteiger partial charge on any atom is 0.330 e. The topological polar surface area (TPSA) is 89.9 Å². The van der Waals surface area contributed by atoms with E-state index in [1.54, 1.807) is 0 Å². The summed E-state index contributed by atoms with van der Waals surface area (Å²) in [5.74, 6) is 1.82. The highest BCUT2D eigenvalue weighted by Crippen LogP contribution is 2.60. The van der Waals surface area contributed by atoms with Gasteiger partial charge in [-0.3, -0.25) is 4.79 Å². The predicted octanol–water partition coefficient (Wildman–Crippen LogP) is 3.90. The Kier molecular flexibility index (Phi) is 7.84. The van der Waals surface area contributed by atoms with Gasteiger partial charge in [-0.2, -0.15) is 0 Å². The summed E-state index contributed by atoms with van der Waals surface area (Å²) >= 11 is 0. The number of aliphatic carboxylic acids is 1. The van der Waals surface area contributed by atoms with Crippen molar-refractivity contribution >= 4 is 17.9 Å². The fourth-order valence-electron chi connectivity index (χ4n) is 5.50. The lowest BCUT2D eigenvalue weighted by atomic mass is 9.49. The average Bonchev–Trinajstić information content (AvgIpc) is 3.16. The van der Waals surface area contributed by atoms with Gasteiger partial charge in [-0.15, -0.1) is 0 Å². The first-order chi connectivity index (χ1) is 13.3. The zero-order valence-corrected chi connectivity index (χ0v) is 16.7. The van der Waals surface area contributed by atoms with Crippen LogP contribution in [0.2, 0.25) is 0 Å². The molecule has 6 heteroatoms. The third-order valence-corrected chi connectivity index (χ3v) is 6.49. The lowest BCUT2D eigenvalue weighted by molar-refractivity contribution is -0.206. The van der Waals surface area contributed by atoms with Crippen LogP contribution in [0.15, 0.2) is 25.3 Å². The van der Waals surface area contributed by atoms with Gasteiger partial charge < -0.3 is 14.6 Å². The predicted molar refractivity (Wildman–Crippen MR) is 104 cm³/mol. The van der Waals surface area contributed by atoms with E-state index >= 15 is 0 Å². The molecule has 1 aliphatic heterocycles. The monoisotopic (exact) mass is 392 g/mol. The molecule has 0 aromatic rings. The minimum Gasteiger partial charge on any atom is -0.478 e. The van der Waals surface area contributed by atoms with Crippen molar-refractivity contribution in [3.05, 3.63) is 25.3 Å². The van der Waals surface area contributed by atoms with Gasteiger partial charge in [0.1, 0.15) is 5.60 Å². The van der Waals surface area contributed by atoms with Crippen molar-refractivity contribution in [2.24, 2.45) is 23.7 Å². The fourth-order valence-corrected chi connectivity index (χ4v) is 5.50. The Bertz CT molecular complexity index is 572. The van der Waals surface area contributed by atoms with Crippen molar-refractivity contribution in [2.45, 2.75) is 63.9 Å². The van der Waals surface area contributed by atoms with Crippen LogP contribution in [0.25, 0.3) is 0 Å². The Balaban J connectivity index is 0.000000210. The van der Waals surface area contributed by atoms with Crippen LogP contribution in [0.4, 0.5) is 0 Å². The molecule has 0 unspecified atom stereocenters. The van der Waals surface area contributed by atoms with E-state index < -0.39 is 5.97 Å². The number of esters is 2. The minimum absolute atomic E-state index is 0.0463. The summed E-state index contributed by atoms with van der Waals surface area (Å²) in [6, 6.07) is 0. The van der Waals surface area contributed by atoms with E-state index in [0.717, 1.165) is 30.8 Å². The zero-order valence-electron chi connectivity index (χ0n) is 16.7. The molecule has 0 amide bonds. The summed E-state index contributed by atoms with van der Waals surface area (Å²) in [4.78, 5) is 30.9. The second-order valence-electron chi connectivity index (χ2n) is 8.10. The Hall–Kier alpha value is -2.11. The van der Waals surface area contributed by atoms with Gasteiger partial charge in [0.25, 0.3) is 0 Å². The van der Waals surface area contributed by atoms with Crippen molar-refractivity contribution in [2.75, 3.05) is 6.61 Å². The number of carbonyl (C=O) groups is 3. The number of carboxylic acids is 1. The minimum atomic E-state index is -0.981. The molecule has 4 bridgehead atoms. The number of cyclic esters (lactones) is 1. The Morgan fingerprint density at radius 1 is 1.14 bits per heavy atom. The largest absolute Gasteiger partial charge is 0.478 e. The molecular formula is C22H32O6. The number of hydrogen-bond acceptors (Lipinski definition) is 5. The zero-order chi connectivity index (χ0) is 20.7. The number of carboxylic acid groups (broad SMARTS) is 1. The molecule has 0 atom stereocenters. The third kappa shape index (κ3) is 5.24. The highest BCUT2D eigenvalue weighted by Gasteiger charge is 2.58. The molecule has 1 saturated heterocycles. The Morgan fingerprint density at radius 2 is 1.68 bits per heavy atom. The van der Waals surface area contributed by atoms with E-state index in [4.69, 9.17) is 9.84 Å². The van der Waals surface area contributed by atoms with Crippen molar-refractivity contribution in [3.63, 3.8) is 0 Å². The Morgan fingerprint density at radius 3 is 1.96 bits per heavy atom. The lowest BCUT2D eigenvalue weighted by Gasteiger charge is -2.60. The Labute approximate surface area is 167 Å². The molecule has 0 radical (unpaired) electrons. The second kappa shape index (κ2) is 9.89. The maximum absolute atomic E-state index is 11.6. The number of ether oxygens (including phenoxy) is 2. The third-order valence-electron chi connectivity index (χ3n) is 6.49. The van der Waals surface area contributed by atoms with E-state index in [-0.39, 0.29) is 17.5 Å². The molecule has 5 rings (SSSR count). The first-order valence-corrected chi connectivity index (χ1v) is 10.2. The molecular weight excluding hydrogens is 360 g/mol. The number of hydrogen-bond donors (Lipinski definition) is 1. The SMILES string of the molecule is C=CC(=O)O.C=CC(=O)OC1(CC)C2CC3CC(C2)CC1C3.O=C1CCCO1. The molecule has 5 fully saturated rings. The highest BCUT2D eigenvalue weighted by atomic mass is 16.6. The smallest absolute Gasteiger partial charge is 0.330 e. The first kappa shape index (κ1) is 22.2. The van der Waals surface area contributed by atoms with Crippen LogP contribution < -0.4 is 0 Å². The van der Waals surface area contributed by atoms with Gasteiger partial charge in [0.05, 0.1) is 6.61 Å². The summed E-state index contributed by atoms with van der Waals surface area (Å²) in [7, 11) is 0. The average molecular weight is 392 g/mol. The molecule has 4 aliphatic carbocycles. The lowest BCUT2D eigenvalue weighted by Crippen LogP contribution is -2.59. The summed E-state index contributed by atoms with van der Waals surface area (Å²) in [5, 5.41) is 7.60. The van der Waals surface area contributed by atoms with Crippen LogP contribution in [-0.2, 0) is 23.9 Å². The van der Waals surface area contributed by atoms with Gasteiger partial charge in [-0.1, -0.05) is 20.1 Å². The molecule has 4 saturated carbocycles. The van der Waals surface area contributed by atoms with Crippen LogP contribution in [0.3, 0.4) is 0 Å². The van der Waals surface area contributed by atoms with Gasteiger partial charge in [0.15, 0.2) is 0 Å². The number of rotatable bonds is 4. The molecule has 5 aliphatic rings. The van der Waals surface area contributed by atoms with Crippen LogP contribution in [0.1, 0.15) is 58.3 Å². The van der Waals surface area contributed by atoms with E-state index in [0.29, 0.717) is 24.9 Å². The van der Waals surface area contributed by atoms with E-state index in [1.165, 1.54) is 38.2 Å². The van der Waals surface area contributed by atoms with E-state index in [1.807, 2.05) is 0 Å². The normalized spacial score (nSPS) is 34.1. The van der Waals surface area contributed by atoms with E-state index in [9.17, 15) is 14.4 Å². The first-order valence-electron chi connectivity index (χ1n) is 10.2. The van der Waals surface area contributed by atoms with Gasteiger partial charge in [0.2, 0.25) is 0 Å². The molecule has 6 nitrogen and oxygen atoms in total. The van der Waals surface area contributed by atoms with Crippen molar-refractivity contribution < 1.29 is 29.0 Å². The molecule has 28 heavy (non-hydrogen) atoms. The number of carbonyl (C=O) groups excluding carboxylic acids is 2. The van der Waals surface area contributed by atoms with Crippen molar-refractivity contribution in [1.82, 2.24) is 0 Å². The molecule has 1 N–H and O–H groups in total. The van der Waals surface area contributed by atoms with Crippen LogP contribution in [0.5, 0.6) is 0 Å². The maximum atomic E-state index is 11.6. The van der Waals surface area contributed by atoms with Crippen LogP contribution in [-0.4, -0.2) is 35.2 Å². The standard InChI is InChI=1S/C15H22O2.C4H6O2.C3H4O2/c1-3-14(16)17-15(4-2)12-6-10-5-11(8-12)9-13(15)7-10;5-4-2-1-3-6-4;1-2-3(4)5/h3,10-13H,1,4-9H2,2H3;1-3H2;2H,1H2,(H,4,5). The van der Waals surface area contributed by atoms with Crippen molar-refractivity contribution in [1.29, 1.82) is 0 Å². The van der Waals surface area contributed by atoms with Gasteiger partial charge in [-0.05, 0) is 68.6 Å². The summed E-state index contributed by atoms with van der Waals surface area (Å²) in [6.45, 7) is 9.31. The van der Waals surface area contributed by atoms with Crippen LogP contribution >= 0.6 is 0 Å². The fraction of sp³-hybridized carbons (Fsp3) is 0.682. The molecule has 0 aromatic heterocycles. The molecule has 0 spiro atoms. The molecule has 0 aromatic carbocycles. The molecule has 1 heterocycles. The van der Waals surface area contributed by atoms with Crippen LogP contribution in [0, 0.1) is 23.7 Å². The quantitative estimate of drug-likeness (QED) is 0.576. The molecule has 156 valence electrons. The second-order valence-corrected chi connectivity index (χ2v) is 8.10. The summed E-state index contributed by atoms with van der Waals surface area (Å²) in [6.07, 6.45) is 11.2. The summed E-state index contributed by atoms with van der Waals surface area (Å²) < 4.78 is 10.4. The van der Waals surface area contributed by atoms with Crippen molar-refractivity contribution in [3.8, 4) is 0 Å². The summed E-state index contributed by atoms with van der Waals surface area (Å²) in [5.41, 5.74) is -0.154. The van der Waals surface area contributed by atoms with Gasteiger partial charge in [-0.25, -0.2) is 9.59 Å². The van der Waals surface area contributed by atoms with Gasteiger partial charge in [0, 0.05) is 18.6 Å². The van der Waals surface area contributed by atoms with Gasteiger partial charge >= 0.3 is 17.9 Å². The van der Waals surface area contributed by atoms with E-state index in [2.05, 4.69) is 24.8 Å². The highest BCUT2D eigenvalue weighted by molar-refractivity contribution is 5.81.